The topological polar surface area (TPSA) is 58.2 Å². The molecule has 2 amide bonds. The van der Waals surface area contributed by atoms with E-state index in [0.717, 1.165) is 12.8 Å². The Morgan fingerprint density at radius 1 is 1.10 bits per heavy atom. The summed E-state index contributed by atoms with van der Waals surface area (Å²) in [6, 6.07) is 0. The Morgan fingerprint density at radius 3 is 2.19 bits per heavy atom. The van der Waals surface area contributed by atoms with Gasteiger partial charge in [-0.05, 0) is 32.6 Å². The molecule has 2 fully saturated rings. The van der Waals surface area contributed by atoms with Crippen LogP contribution in [0.4, 0.5) is 8.78 Å². The third kappa shape index (κ3) is 3.71. The molecule has 0 heterocycles. The molecule has 0 spiro atoms. The minimum Gasteiger partial charge on any atom is -0.354 e. The monoisotopic (exact) mass is 302 g/mol. The molecule has 2 saturated carbocycles. The molecule has 0 bridgehead atoms. The number of likely N-dealkylation sites (N-methyl/N-ethyl adjacent to an activating group) is 1. The molecule has 120 valence electrons. The second-order valence-electron chi connectivity index (χ2n) is 6.27. The second kappa shape index (κ2) is 6.28. The van der Waals surface area contributed by atoms with E-state index in [-0.39, 0.29) is 37.5 Å². The van der Waals surface area contributed by atoms with E-state index in [9.17, 15) is 18.4 Å². The molecule has 0 atom stereocenters. The highest BCUT2D eigenvalue weighted by Gasteiger charge is 2.44. The molecule has 21 heavy (non-hydrogen) atoms. The molecule has 2 N–H and O–H groups in total. The van der Waals surface area contributed by atoms with Crippen molar-refractivity contribution >= 4 is 11.8 Å². The molecule has 2 aliphatic carbocycles. The van der Waals surface area contributed by atoms with E-state index in [0.29, 0.717) is 19.4 Å². The number of carbonyl (C=O) groups excluding carboxylic acids is 2. The molecule has 0 aromatic carbocycles. The summed E-state index contributed by atoms with van der Waals surface area (Å²) in [5.41, 5.74) is -0.826. The first kappa shape index (κ1) is 16.2. The van der Waals surface area contributed by atoms with Crippen LogP contribution in [-0.2, 0) is 9.59 Å². The smallest absolute Gasteiger partial charge is 0.248 e. The number of carbonyl (C=O) groups is 2. The Morgan fingerprint density at radius 2 is 1.67 bits per heavy atom. The maximum atomic E-state index is 13.2. The van der Waals surface area contributed by atoms with Crippen molar-refractivity contribution in [2.45, 2.75) is 69.8 Å². The third-order valence-electron chi connectivity index (χ3n) is 4.68. The SMILES string of the molecule is CCNC(=O)C1(NC(=O)C2CCC(F)(F)CC2)CCCC1. The first-order valence-corrected chi connectivity index (χ1v) is 7.87. The quantitative estimate of drug-likeness (QED) is 0.837. The van der Waals surface area contributed by atoms with Gasteiger partial charge in [0.1, 0.15) is 5.54 Å². The van der Waals surface area contributed by atoms with Gasteiger partial charge in [-0.2, -0.15) is 0 Å². The van der Waals surface area contributed by atoms with Crippen molar-refractivity contribution in [3.63, 3.8) is 0 Å². The minimum atomic E-state index is -2.64. The fourth-order valence-corrected chi connectivity index (χ4v) is 3.36. The molecule has 0 aromatic heterocycles. The van der Waals surface area contributed by atoms with Crippen molar-refractivity contribution < 1.29 is 18.4 Å². The van der Waals surface area contributed by atoms with E-state index in [2.05, 4.69) is 10.6 Å². The summed E-state index contributed by atoms with van der Waals surface area (Å²) in [5.74, 6) is -3.41. The van der Waals surface area contributed by atoms with Crippen LogP contribution in [0.1, 0.15) is 58.3 Å². The van der Waals surface area contributed by atoms with Gasteiger partial charge in [-0.1, -0.05) is 12.8 Å². The lowest BCUT2D eigenvalue weighted by atomic mass is 9.85. The van der Waals surface area contributed by atoms with Gasteiger partial charge in [0.25, 0.3) is 0 Å². The summed E-state index contributed by atoms with van der Waals surface area (Å²) < 4.78 is 26.3. The van der Waals surface area contributed by atoms with Crippen LogP contribution in [0.5, 0.6) is 0 Å². The number of rotatable bonds is 4. The summed E-state index contributed by atoms with van der Waals surface area (Å²) in [7, 11) is 0. The first-order valence-electron chi connectivity index (χ1n) is 7.87. The average Bonchev–Trinajstić information content (AvgIpc) is 2.88. The number of alkyl halides is 2. The van der Waals surface area contributed by atoms with Crippen molar-refractivity contribution in [2.24, 2.45) is 5.92 Å². The van der Waals surface area contributed by atoms with Crippen LogP contribution in [0.25, 0.3) is 0 Å². The summed E-state index contributed by atoms with van der Waals surface area (Å²) in [5, 5.41) is 5.65. The third-order valence-corrected chi connectivity index (χ3v) is 4.68. The van der Waals surface area contributed by atoms with Crippen molar-refractivity contribution in [3.05, 3.63) is 0 Å². The summed E-state index contributed by atoms with van der Waals surface area (Å²) in [6.45, 7) is 2.36. The van der Waals surface area contributed by atoms with Gasteiger partial charge in [0, 0.05) is 25.3 Å². The van der Waals surface area contributed by atoms with Gasteiger partial charge in [-0.3, -0.25) is 9.59 Å². The van der Waals surface area contributed by atoms with Crippen LogP contribution in [-0.4, -0.2) is 29.8 Å². The van der Waals surface area contributed by atoms with E-state index in [4.69, 9.17) is 0 Å². The zero-order valence-electron chi connectivity index (χ0n) is 12.5. The van der Waals surface area contributed by atoms with E-state index < -0.39 is 17.4 Å². The van der Waals surface area contributed by atoms with Gasteiger partial charge in [-0.15, -0.1) is 0 Å². The molecular formula is C15H24F2N2O2. The fourth-order valence-electron chi connectivity index (χ4n) is 3.36. The van der Waals surface area contributed by atoms with E-state index in [1.807, 2.05) is 6.92 Å². The zero-order chi connectivity index (χ0) is 15.5. The highest BCUT2D eigenvalue weighted by molar-refractivity contribution is 5.92. The Hall–Kier alpha value is -1.20. The normalized spacial score (nSPS) is 24.5. The number of nitrogens with one attached hydrogen (secondary N) is 2. The maximum Gasteiger partial charge on any atom is 0.248 e. The Bertz CT molecular complexity index is 396. The maximum absolute atomic E-state index is 13.2. The molecule has 2 aliphatic rings. The number of hydrogen-bond acceptors (Lipinski definition) is 2. The largest absolute Gasteiger partial charge is 0.354 e. The van der Waals surface area contributed by atoms with Crippen LogP contribution < -0.4 is 10.6 Å². The molecule has 4 nitrogen and oxygen atoms in total. The van der Waals surface area contributed by atoms with E-state index in [1.165, 1.54) is 0 Å². The predicted molar refractivity (Wildman–Crippen MR) is 74.9 cm³/mol. The van der Waals surface area contributed by atoms with Crippen LogP contribution in [0.15, 0.2) is 0 Å². The number of hydrogen-bond donors (Lipinski definition) is 2. The Kier molecular flexibility index (Phi) is 4.84. The summed E-state index contributed by atoms with van der Waals surface area (Å²) in [6.07, 6.45) is 2.99. The van der Waals surface area contributed by atoms with Crippen LogP contribution in [0.2, 0.25) is 0 Å². The molecule has 6 heteroatoms. The molecule has 0 unspecified atom stereocenters. The Balaban J connectivity index is 1.98. The first-order chi connectivity index (χ1) is 9.88. The van der Waals surface area contributed by atoms with Gasteiger partial charge in [-0.25, -0.2) is 8.78 Å². The van der Waals surface area contributed by atoms with Gasteiger partial charge in [0.2, 0.25) is 17.7 Å². The summed E-state index contributed by atoms with van der Waals surface area (Å²) in [4.78, 5) is 24.6. The highest BCUT2D eigenvalue weighted by atomic mass is 19.3. The van der Waals surface area contributed by atoms with Crippen molar-refractivity contribution in [3.8, 4) is 0 Å². The van der Waals surface area contributed by atoms with Crippen LogP contribution in [0.3, 0.4) is 0 Å². The second-order valence-corrected chi connectivity index (χ2v) is 6.27. The average molecular weight is 302 g/mol. The molecule has 0 aliphatic heterocycles. The molecule has 0 saturated heterocycles. The van der Waals surface area contributed by atoms with Crippen molar-refractivity contribution in [1.29, 1.82) is 0 Å². The van der Waals surface area contributed by atoms with Gasteiger partial charge >= 0.3 is 0 Å². The van der Waals surface area contributed by atoms with Gasteiger partial charge in [0.05, 0.1) is 0 Å². The van der Waals surface area contributed by atoms with Gasteiger partial charge in [0.15, 0.2) is 0 Å². The number of amides is 2. The van der Waals surface area contributed by atoms with Crippen molar-refractivity contribution in [1.82, 2.24) is 10.6 Å². The minimum absolute atomic E-state index is 0.142. The standard InChI is InChI=1S/C15H24F2N2O2/c1-2-18-13(21)14(7-3-4-8-14)19-12(20)11-5-9-15(16,17)10-6-11/h11H,2-10H2,1H3,(H,18,21)(H,19,20). The molecule has 0 radical (unpaired) electrons. The van der Waals surface area contributed by atoms with E-state index >= 15 is 0 Å². The lowest BCUT2D eigenvalue weighted by molar-refractivity contribution is -0.137. The van der Waals surface area contributed by atoms with Crippen molar-refractivity contribution in [2.75, 3.05) is 6.54 Å². The lowest BCUT2D eigenvalue weighted by Crippen LogP contribution is -2.58. The van der Waals surface area contributed by atoms with Gasteiger partial charge < -0.3 is 10.6 Å². The number of halogens is 2. The Labute approximate surface area is 124 Å². The molecular weight excluding hydrogens is 278 g/mol. The zero-order valence-corrected chi connectivity index (χ0v) is 12.5. The predicted octanol–water partition coefficient (Wildman–Crippen LogP) is 2.38. The van der Waals surface area contributed by atoms with Crippen LogP contribution in [0, 0.1) is 5.92 Å². The molecule has 2 rings (SSSR count). The lowest BCUT2D eigenvalue weighted by Gasteiger charge is -2.33. The fraction of sp³-hybridized carbons (Fsp3) is 0.867. The highest BCUT2D eigenvalue weighted by Crippen LogP contribution is 2.37. The van der Waals surface area contributed by atoms with Crippen LogP contribution >= 0.6 is 0 Å². The van der Waals surface area contributed by atoms with E-state index in [1.54, 1.807) is 0 Å². The summed E-state index contributed by atoms with van der Waals surface area (Å²) >= 11 is 0. The molecule has 0 aromatic rings.